The van der Waals surface area contributed by atoms with Crippen LogP contribution in [0.15, 0.2) is 0 Å². The van der Waals surface area contributed by atoms with Crippen LogP contribution in [0.3, 0.4) is 0 Å². The number of carbonyl (C=O) groups excluding carboxylic acids is 1. The Labute approximate surface area is 126 Å². The molecular weight excluding hydrogens is 326 g/mol. The van der Waals surface area contributed by atoms with Crippen LogP contribution in [0.1, 0.15) is 25.7 Å². The van der Waals surface area contributed by atoms with Gasteiger partial charge >= 0.3 is 21.3 Å². The summed E-state index contributed by atoms with van der Waals surface area (Å²) in [5, 5.41) is -4.49. The highest BCUT2D eigenvalue weighted by Gasteiger charge is 2.46. The molecule has 0 radical (unpaired) electrons. The van der Waals surface area contributed by atoms with E-state index in [1.807, 2.05) is 0 Å². The maximum atomic E-state index is 13.0. The molecule has 1 saturated heterocycles. The van der Waals surface area contributed by atoms with Gasteiger partial charge in [-0.1, -0.05) is 0 Å². The van der Waals surface area contributed by atoms with Gasteiger partial charge in [-0.2, -0.15) is 17.2 Å². The molecule has 7 nitrogen and oxygen atoms in total. The Morgan fingerprint density at radius 3 is 2.36 bits per heavy atom. The lowest BCUT2D eigenvalue weighted by Crippen LogP contribution is -2.36. The van der Waals surface area contributed by atoms with Crippen LogP contribution in [0.4, 0.5) is 8.78 Å². The number of epoxide rings is 1. The Hall–Kier alpha value is -0.840. The Morgan fingerprint density at radius 1 is 1.27 bits per heavy atom. The number of hydrogen-bond donors (Lipinski definition) is 1. The van der Waals surface area contributed by atoms with Crippen LogP contribution in [0.5, 0.6) is 0 Å². The number of hydrogen-bond acceptors (Lipinski definition) is 6. The van der Waals surface area contributed by atoms with Crippen molar-refractivity contribution in [1.29, 1.82) is 0 Å². The Morgan fingerprint density at radius 2 is 1.86 bits per heavy atom. The van der Waals surface area contributed by atoms with Gasteiger partial charge in [-0.05, 0) is 25.7 Å². The first-order valence-electron chi connectivity index (χ1n) is 6.94. The number of halogens is 2. The van der Waals surface area contributed by atoms with E-state index in [9.17, 15) is 22.0 Å². The van der Waals surface area contributed by atoms with Crippen LogP contribution in [0.25, 0.3) is 0 Å². The average molecular weight is 344 g/mol. The first-order chi connectivity index (χ1) is 10.2. The summed E-state index contributed by atoms with van der Waals surface area (Å²) in [5.74, 6) is -1.44. The molecule has 22 heavy (non-hydrogen) atoms. The van der Waals surface area contributed by atoms with Gasteiger partial charge in [0.05, 0.1) is 25.2 Å². The highest BCUT2D eigenvalue weighted by atomic mass is 32.2. The zero-order valence-electron chi connectivity index (χ0n) is 11.7. The van der Waals surface area contributed by atoms with Crippen molar-refractivity contribution in [1.82, 2.24) is 0 Å². The molecule has 0 aromatic heterocycles. The molecule has 1 atom stereocenters. The van der Waals surface area contributed by atoms with E-state index < -0.39 is 33.9 Å². The van der Waals surface area contributed by atoms with E-state index in [2.05, 4.69) is 4.74 Å². The van der Waals surface area contributed by atoms with E-state index in [0.717, 1.165) is 0 Å². The van der Waals surface area contributed by atoms with Crippen molar-refractivity contribution < 1.29 is 40.8 Å². The molecule has 0 amide bonds. The molecule has 0 bridgehead atoms. The molecule has 10 heteroatoms. The molecule has 0 aromatic carbocycles. The Bertz CT molecular complexity index is 496. The number of rotatable bonds is 7. The first-order valence-corrected chi connectivity index (χ1v) is 8.38. The maximum absolute atomic E-state index is 13.0. The number of alkyl halides is 2. The minimum Gasteiger partial charge on any atom is -0.458 e. The van der Waals surface area contributed by atoms with Crippen molar-refractivity contribution in [3.05, 3.63) is 0 Å². The van der Waals surface area contributed by atoms with Crippen LogP contribution in [0.2, 0.25) is 0 Å². The second-order valence-corrected chi connectivity index (χ2v) is 7.03. The third kappa shape index (κ3) is 4.83. The summed E-state index contributed by atoms with van der Waals surface area (Å²) in [5.41, 5.74) is 0. The molecule has 1 aliphatic heterocycles. The zero-order valence-corrected chi connectivity index (χ0v) is 12.6. The van der Waals surface area contributed by atoms with Crippen LogP contribution in [-0.4, -0.2) is 56.2 Å². The lowest BCUT2D eigenvalue weighted by Gasteiger charge is -2.27. The molecule has 2 fully saturated rings. The van der Waals surface area contributed by atoms with Gasteiger partial charge in [-0.15, -0.1) is 0 Å². The number of ether oxygens (including phenoxy) is 3. The van der Waals surface area contributed by atoms with Gasteiger partial charge in [-0.25, -0.2) is 0 Å². The van der Waals surface area contributed by atoms with Gasteiger partial charge in [0.25, 0.3) is 0 Å². The monoisotopic (exact) mass is 344 g/mol. The SMILES string of the molecule is O=C(OCC(F)(F)S(=O)(=O)O)C1CCC(OCC2CO2)CC1. The summed E-state index contributed by atoms with van der Waals surface area (Å²) in [6.07, 6.45) is 2.21. The van der Waals surface area contributed by atoms with Crippen molar-refractivity contribution in [2.75, 3.05) is 19.8 Å². The quantitative estimate of drug-likeness (QED) is 0.417. The fraction of sp³-hybridized carbons (Fsp3) is 0.917. The molecule has 128 valence electrons. The molecule has 0 spiro atoms. The molecule has 1 heterocycles. The molecule has 1 saturated carbocycles. The second kappa shape index (κ2) is 6.73. The number of carbonyl (C=O) groups is 1. The predicted octanol–water partition coefficient (Wildman–Crippen LogP) is 0.984. The van der Waals surface area contributed by atoms with Crippen molar-refractivity contribution in [3.8, 4) is 0 Å². The zero-order chi connectivity index (χ0) is 16.4. The molecular formula is C12H18F2O7S. The van der Waals surface area contributed by atoms with Gasteiger partial charge in [0, 0.05) is 0 Å². The second-order valence-electron chi connectivity index (χ2n) is 5.48. The third-order valence-electron chi connectivity index (χ3n) is 3.69. The third-order valence-corrected chi connectivity index (χ3v) is 4.56. The Kier molecular flexibility index (Phi) is 5.36. The summed E-state index contributed by atoms with van der Waals surface area (Å²) in [7, 11) is -5.59. The predicted molar refractivity (Wildman–Crippen MR) is 68.9 cm³/mol. The molecule has 1 aliphatic carbocycles. The van der Waals surface area contributed by atoms with E-state index in [1.165, 1.54) is 0 Å². The fourth-order valence-electron chi connectivity index (χ4n) is 2.22. The minimum atomic E-state index is -5.59. The first kappa shape index (κ1) is 17.5. The van der Waals surface area contributed by atoms with Crippen LogP contribution < -0.4 is 0 Å². The van der Waals surface area contributed by atoms with Crippen molar-refractivity contribution in [2.45, 2.75) is 43.1 Å². The molecule has 0 aromatic rings. The van der Waals surface area contributed by atoms with Gasteiger partial charge in [0.15, 0.2) is 6.61 Å². The van der Waals surface area contributed by atoms with E-state index in [1.54, 1.807) is 0 Å². The average Bonchev–Trinajstić information content (AvgIpc) is 3.26. The molecule has 2 aliphatic rings. The van der Waals surface area contributed by atoms with E-state index in [0.29, 0.717) is 38.9 Å². The van der Waals surface area contributed by atoms with Crippen molar-refractivity contribution in [3.63, 3.8) is 0 Å². The largest absolute Gasteiger partial charge is 0.458 e. The van der Waals surface area contributed by atoms with E-state index in [4.69, 9.17) is 14.0 Å². The molecule has 1 N–H and O–H groups in total. The van der Waals surface area contributed by atoms with E-state index in [-0.39, 0.29) is 12.2 Å². The van der Waals surface area contributed by atoms with Crippen molar-refractivity contribution in [2.24, 2.45) is 5.92 Å². The summed E-state index contributed by atoms with van der Waals surface area (Å²) in [4.78, 5) is 11.7. The van der Waals surface area contributed by atoms with Gasteiger partial charge in [0.1, 0.15) is 6.10 Å². The standard InChI is InChI=1S/C12H18F2O7S/c13-12(14,22(16,17)18)7-21-11(15)8-1-3-9(4-2-8)19-5-10-6-20-10/h8-10H,1-7H2,(H,16,17,18). The van der Waals surface area contributed by atoms with Crippen LogP contribution >= 0.6 is 0 Å². The summed E-state index contributed by atoms with van der Waals surface area (Å²) in [6.45, 7) is -0.468. The minimum absolute atomic E-state index is 0.00695. The molecule has 1 unspecified atom stereocenters. The highest BCUT2D eigenvalue weighted by Crippen LogP contribution is 2.29. The lowest BCUT2D eigenvalue weighted by molar-refractivity contribution is -0.156. The normalized spacial score (nSPS) is 29.1. The number of esters is 1. The summed E-state index contributed by atoms with van der Waals surface area (Å²) in [6, 6.07) is 0. The van der Waals surface area contributed by atoms with E-state index >= 15 is 0 Å². The fourth-order valence-corrected chi connectivity index (χ4v) is 2.43. The van der Waals surface area contributed by atoms with Crippen LogP contribution in [0, 0.1) is 5.92 Å². The van der Waals surface area contributed by atoms with Gasteiger partial charge in [0.2, 0.25) is 0 Å². The molecule has 2 rings (SSSR count). The topological polar surface area (TPSA) is 102 Å². The maximum Gasteiger partial charge on any atom is 0.402 e. The smallest absolute Gasteiger partial charge is 0.402 e. The Balaban J connectivity index is 1.70. The van der Waals surface area contributed by atoms with Gasteiger partial charge < -0.3 is 14.2 Å². The highest BCUT2D eigenvalue weighted by molar-refractivity contribution is 7.86. The van der Waals surface area contributed by atoms with Crippen molar-refractivity contribution >= 4 is 16.1 Å². The van der Waals surface area contributed by atoms with Crippen LogP contribution in [-0.2, 0) is 29.1 Å². The lowest BCUT2D eigenvalue weighted by atomic mass is 9.87. The summed E-state index contributed by atoms with van der Waals surface area (Å²) < 4.78 is 70.0. The van der Waals surface area contributed by atoms with Gasteiger partial charge in [-0.3, -0.25) is 9.35 Å². The summed E-state index contributed by atoms with van der Waals surface area (Å²) >= 11 is 0.